The van der Waals surface area contributed by atoms with Gasteiger partial charge in [0.15, 0.2) is 0 Å². The van der Waals surface area contributed by atoms with E-state index in [1.54, 1.807) is 0 Å². The first-order valence-corrected chi connectivity index (χ1v) is 5.79. The van der Waals surface area contributed by atoms with Crippen molar-refractivity contribution >= 4 is 17.3 Å². The van der Waals surface area contributed by atoms with Crippen molar-refractivity contribution < 1.29 is 23.1 Å². The van der Waals surface area contributed by atoms with Gasteiger partial charge in [-0.2, -0.15) is 13.2 Å². The minimum absolute atomic E-state index is 0.0852. The molecule has 3 nitrogen and oxygen atoms in total. The molecule has 0 radical (unpaired) electrons. The molecule has 0 fully saturated rings. The smallest absolute Gasteiger partial charge is 0.395 e. The molecule has 0 saturated carbocycles. The monoisotopic (exact) mass is 267 g/mol. The molecule has 17 heavy (non-hydrogen) atoms. The standard InChI is InChI=1S/C10H12F3NO2S/c1-5(2)3-6-8(9(15)16)17-7(14-6)4-10(11,12)13/h5H,3-4H2,1-2H3,(H,15,16). The lowest BCUT2D eigenvalue weighted by Gasteiger charge is -2.02. The third-order valence-corrected chi connectivity index (χ3v) is 2.97. The van der Waals surface area contributed by atoms with Crippen molar-refractivity contribution in [2.45, 2.75) is 32.9 Å². The Hall–Kier alpha value is -1.11. The van der Waals surface area contributed by atoms with Crippen molar-refractivity contribution in [3.8, 4) is 0 Å². The molecule has 0 spiro atoms. The third kappa shape index (κ3) is 4.33. The van der Waals surface area contributed by atoms with Crippen molar-refractivity contribution in [1.29, 1.82) is 0 Å². The molecule has 1 aromatic heterocycles. The van der Waals surface area contributed by atoms with Gasteiger partial charge in [0.2, 0.25) is 0 Å². The maximum absolute atomic E-state index is 12.2. The number of thiazole rings is 1. The number of hydrogen-bond acceptors (Lipinski definition) is 3. The zero-order chi connectivity index (χ0) is 13.2. The summed E-state index contributed by atoms with van der Waals surface area (Å²) in [6.07, 6.45) is -5.16. The molecule has 0 aliphatic heterocycles. The van der Waals surface area contributed by atoms with E-state index in [0.29, 0.717) is 17.8 Å². The number of halogens is 3. The van der Waals surface area contributed by atoms with Crippen LogP contribution in [0, 0.1) is 5.92 Å². The van der Waals surface area contributed by atoms with Gasteiger partial charge in [-0.05, 0) is 12.3 Å². The van der Waals surface area contributed by atoms with E-state index in [2.05, 4.69) is 4.98 Å². The number of rotatable bonds is 4. The Labute approximate surface area is 100 Å². The Kier molecular flexibility index (Phi) is 4.13. The first-order valence-electron chi connectivity index (χ1n) is 4.97. The normalized spacial score (nSPS) is 12.1. The highest BCUT2D eigenvalue weighted by molar-refractivity contribution is 7.13. The number of aromatic nitrogens is 1. The predicted octanol–water partition coefficient (Wildman–Crippen LogP) is 3.14. The molecule has 1 rings (SSSR count). The first-order chi connectivity index (χ1) is 7.69. The minimum atomic E-state index is -4.36. The number of nitrogens with zero attached hydrogens (tertiary/aromatic N) is 1. The second-order valence-electron chi connectivity index (χ2n) is 4.08. The van der Waals surface area contributed by atoms with Gasteiger partial charge in [-0.15, -0.1) is 11.3 Å². The molecule has 0 unspecified atom stereocenters. The second-order valence-corrected chi connectivity index (χ2v) is 5.16. The van der Waals surface area contributed by atoms with Crippen molar-refractivity contribution in [1.82, 2.24) is 4.98 Å². The molecular formula is C10H12F3NO2S. The third-order valence-electron chi connectivity index (χ3n) is 1.89. The van der Waals surface area contributed by atoms with Crippen LogP contribution in [0.15, 0.2) is 0 Å². The van der Waals surface area contributed by atoms with Crippen LogP contribution < -0.4 is 0 Å². The average molecular weight is 267 g/mol. The molecule has 0 saturated heterocycles. The van der Waals surface area contributed by atoms with E-state index in [0.717, 1.165) is 0 Å². The van der Waals surface area contributed by atoms with Crippen LogP contribution in [0.2, 0.25) is 0 Å². The summed E-state index contributed by atoms with van der Waals surface area (Å²) in [5, 5.41) is 8.69. The maximum Gasteiger partial charge on any atom is 0.395 e. The van der Waals surface area contributed by atoms with E-state index < -0.39 is 18.6 Å². The molecule has 1 heterocycles. The van der Waals surface area contributed by atoms with Crippen molar-refractivity contribution in [2.75, 3.05) is 0 Å². The van der Waals surface area contributed by atoms with E-state index >= 15 is 0 Å². The van der Waals surface area contributed by atoms with Gasteiger partial charge in [0, 0.05) is 0 Å². The van der Waals surface area contributed by atoms with Crippen LogP contribution in [0.25, 0.3) is 0 Å². The van der Waals surface area contributed by atoms with Crippen molar-refractivity contribution in [3.63, 3.8) is 0 Å². The van der Waals surface area contributed by atoms with Crippen LogP contribution in [0.3, 0.4) is 0 Å². The van der Waals surface area contributed by atoms with Crippen molar-refractivity contribution in [3.05, 3.63) is 15.6 Å². The molecule has 1 aromatic rings. The van der Waals surface area contributed by atoms with Gasteiger partial charge in [-0.1, -0.05) is 13.8 Å². The fourth-order valence-electron chi connectivity index (χ4n) is 1.34. The SMILES string of the molecule is CC(C)Cc1nc(CC(F)(F)F)sc1C(=O)O. The van der Waals surface area contributed by atoms with Gasteiger partial charge in [-0.25, -0.2) is 9.78 Å². The van der Waals surface area contributed by atoms with Crippen molar-refractivity contribution in [2.24, 2.45) is 5.92 Å². The zero-order valence-corrected chi connectivity index (χ0v) is 10.2. The lowest BCUT2D eigenvalue weighted by molar-refractivity contribution is -0.127. The number of alkyl halides is 3. The van der Waals surface area contributed by atoms with E-state index in [-0.39, 0.29) is 21.5 Å². The van der Waals surface area contributed by atoms with E-state index in [1.807, 2.05) is 13.8 Å². The van der Waals surface area contributed by atoms with Crippen LogP contribution in [0.5, 0.6) is 0 Å². The van der Waals surface area contributed by atoms with Gasteiger partial charge in [0.25, 0.3) is 0 Å². The molecule has 0 amide bonds. The van der Waals surface area contributed by atoms with Crippen LogP contribution in [-0.2, 0) is 12.8 Å². The van der Waals surface area contributed by atoms with E-state index in [9.17, 15) is 18.0 Å². The van der Waals surface area contributed by atoms with Gasteiger partial charge in [0.05, 0.1) is 12.1 Å². The Bertz CT molecular complexity index is 412. The van der Waals surface area contributed by atoms with E-state index in [4.69, 9.17) is 5.11 Å². The topological polar surface area (TPSA) is 50.2 Å². The van der Waals surface area contributed by atoms with Crippen LogP contribution in [0.4, 0.5) is 13.2 Å². The number of carboxylic acids is 1. The molecule has 0 aliphatic carbocycles. The molecule has 0 bridgehead atoms. The van der Waals surface area contributed by atoms with Gasteiger partial charge in [-0.3, -0.25) is 0 Å². The maximum atomic E-state index is 12.2. The molecule has 1 N–H and O–H groups in total. The fourth-order valence-corrected chi connectivity index (χ4v) is 2.30. The number of carbonyl (C=O) groups is 1. The minimum Gasteiger partial charge on any atom is -0.477 e. The molecule has 0 atom stereocenters. The zero-order valence-electron chi connectivity index (χ0n) is 9.34. The highest BCUT2D eigenvalue weighted by Gasteiger charge is 2.31. The summed E-state index contributed by atoms with van der Waals surface area (Å²) in [6, 6.07) is 0. The molecule has 0 aliphatic rings. The Morgan fingerprint density at radius 2 is 2.06 bits per heavy atom. The highest BCUT2D eigenvalue weighted by Crippen LogP contribution is 2.27. The lowest BCUT2D eigenvalue weighted by Crippen LogP contribution is -2.11. The predicted molar refractivity (Wildman–Crippen MR) is 57.4 cm³/mol. The first kappa shape index (κ1) is 14.0. The molecule has 96 valence electrons. The molecular weight excluding hydrogens is 255 g/mol. The second kappa shape index (κ2) is 5.03. The summed E-state index contributed by atoms with van der Waals surface area (Å²) < 4.78 is 36.5. The van der Waals surface area contributed by atoms with Gasteiger partial charge < -0.3 is 5.11 Å². The summed E-state index contributed by atoms with van der Waals surface area (Å²) >= 11 is 0.606. The quantitative estimate of drug-likeness (QED) is 0.911. The van der Waals surface area contributed by atoms with Crippen LogP contribution >= 0.6 is 11.3 Å². The number of carboxylic acid groups (broad SMARTS) is 1. The number of hydrogen-bond donors (Lipinski definition) is 1. The lowest BCUT2D eigenvalue weighted by atomic mass is 10.1. The number of aromatic carboxylic acids is 1. The summed E-state index contributed by atoms with van der Waals surface area (Å²) in [5.74, 6) is -1.07. The van der Waals surface area contributed by atoms with E-state index in [1.165, 1.54) is 0 Å². The van der Waals surface area contributed by atoms with Gasteiger partial charge in [0.1, 0.15) is 9.88 Å². The molecule has 7 heteroatoms. The molecule has 0 aromatic carbocycles. The fraction of sp³-hybridized carbons (Fsp3) is 0.600. The summed E-state index contributed by atoms with van der Waals surface area (Å²) in [7, 11) is 0. The Balaban J connectivity index is 3.00. The Morgan fingerprint density at radius 1 is 1.47 bits per heavy atom. The summed E-state index contributed by atoms with van der Waals surface area (Å²) in [6.45, 7) is 3.71. The summed E-state index contributed by atoms with van der Waals surface area (Å²) in [4.78, 5) is 14.6. The largest absolute Gasteiger partial charge is 0.477 e. The van der Waals surface area contributed by atoms with Gasteiger partial charge >= 0.3 is 12.1 Å². The highest BCUT2D eigenvalue weighted by atomic mass is 32.1. The average Bonchev–Trinajstić information content (AvgIpc) is 2.43. The van der Waals surface area contributed by atoms with Crippen LogP contribution in [0.1, 0.15) is 34.2 Å². The van der Waals surface area contributed by atoms with Crippen LogP contribution in [-0.4, -0.2) is 22.2 Å². The summed E-state index contributed by atoms with van der Waals surface area (Å²) in [5.41, 5.74) is 0.247. The Morgan fingerprint density at radius 3 is 2.47 bits per heavy atom.